The SMILES string of the molecule is Cc1cc(C)c2c(c1)N(C(=O)c1nn(C)c3c1C[C@@H](C)O[C@H]3C)CCO2. The molecule has 2 atom stereocenters. The molecule has 0 aliphatic carbocycles. The van der Waals surface area contributed by atoms with Crippen LogP contribution < -0.4 is 9.64 Å². The molecule has 0 radical (unpaired) electrons. The maximum atomic E-state index is 13.4. The third-order valence-electron chi connectivity index (χ3n) is 5.21. The normalized spacial score (nSPS) is 21.8. The van der Waals surface area contributed by atoms with Gasteiger partial charge in [-0.15, -0.1) is 0 Å². The Kier molecular flexibility index (Phi) is 4.03. The number of hydrogen-bond acceptors (Lipinski definition) is 4. The van der Waals surface area contributed by atoms with E-state index >= 15 is 0 Å². The predicted octanol–water partition coefficient (Wildman–Crippen LogP) is 3.10. The van der Waals surface area contributed by atoms with Crippen LogP contribution in [0.5, 0.6) is 5.75 Å². The van der Waals surface area contributed by atoms with Crippen LogP contribution in [0.15, 0.2) is 12.1 Å². The molecule has 6 heteroatoms. The molecule has 0 fully saturated rings. The van der Waals surface area contributed by atoms with Gasteiger partial charge in [-0.2, -0.15) is 5.10 Å². The number of benzene rings is 1. The third kappa shape index (κ3) is 2.60. The van der Waals surface area contributed by atoms with E-state index in [0.717, 1.165) is 33.8 Å². The van der Waals surface area contributed by atoms with Crippen molar-refractivity contribution in [2.75, 3.05) is 18.1 Å². The number of hydrogen-bond donors (Lipinski definition) is 0. The molecule has 0 bridgehead atoms. The Hall–Kier alpha value is -2.34. The van der Waals surface area contributed by atoms with E-state index < -0.39 is 0 Å². The second-order valence-corrected chi connectivity index (χ2v) is 7.36. The first kappa shape index (κ1) is 17.1. The first-order valence-electron chi connectivity index (χ1n) is 9.14. The lowest BCUT2D eigenvalue weighted by molar-refractivity contribution is -0.00902. The van der Waals surface area contributed by atoms with Crippen molar-refractivity contribution in [2.24, 2.45) is 7.05 Å². The smallest absolute Gasteiger partial charge is 0.279 e. The number of ether oxygens (including phenoxy) is 2. The summed E-state index contributed by atoms with van der Waals surface area (Å²) in [7, 11) is 1.88. The number of fused-ring (bicyclic) bond motifs is 2. The lowest BCUT2D eigenvalue weighted by Gasteiger charge is -2.31. The highest BCUT2D eigenvalue weighted by atomic mass is 16.5. The average molecular weight is 355 g/mol. The molecule has 4 rings (SSSR count). The van der Waals surface area contributed by atoms with E-state index in [1.54, 1.807) is 4.68 Å². The highest BCUT2D eigenvalue weighted by Gasteiger charge is 2.35. The zero-order valence-corrected chi connectivity index (χ0v) is 16.0. The van der Waals surface area contributed by atoms with Crippen LogP contribution in [-0.2, 0) is 18.2 Å². The molecule has 0 saturated carbocycles. The molecule has 26 heavy (non-hydrogen) atoms. The predicted molar refractivity (Wildman–Crippen MR) is 99.0 cm³/mol. The second kappa shape index (κ2) is 6.13. The zero-order chi connectivity index (χ0) is 18.6. The van der Waals surface area contributed by atoms with Gasteiger partial charge in [0.15, 0.2) is 5.69 Å². The number of nitrogens with zero attached hydrogens (tertiary/aromatic N) is 3. The largest absolute Gasteiger partial charge is 0.489 e. The topological polar surface area (TPSA) is 56.6 Å². The van der Waals surface area contributed by atoms with Crippen molar-refractivity contribution < 1.29 is 14.3 Å². The maximum Gasteiger partial charge on any atom is 0.279 e. The van der Waals surface area contributed by atoms with Crippen molar-refractivity contribution in [3.63, 3.8) is 0 Å². The van der Waals surface area contributed by atoms with Crippen LogP contribution in [0.2, 0.25) is 0 Å². The summed E-state index contributed by atoms with van der Waals surface area (Å²) in [5, 5.41) is 4.57. The molecule has 0 unspecified atom stereocenters. The molecule has 3 heterocycles. The van der Waals surface area contributed by atoms with E-state index in [1.807, 2.05) is 45.7 Å². The van der Waals surface area contributed by atoms with E-state index in [4.69, 9.17) is 9.47 Å². The van der Waals surface area contributed by atoms with Crippen molar-refractivity contribution in [2.45, 2.75) is 46.3 Å². The van der Waals surface area contributed by atoms with Gasteiger partial charge in [-0.25, -0.2) is 0 Å². The maximum absolute atomic E-state index is 13.4. The Morgan fingerprint density at radius 1 is 1.27 bits per heavy atom. The van der Waals surface area contributed by atoms with Gasteiger partial charge in [0.05, 0.1) is 30.1 Å². The molecular weight excluding hydrogens is 330 g/mol. The molecule has 1 aromatic heterocycles. The summed E-state index contributed by atoms with van der Waals surface area (Å²) in [6.07, 6.45) is 0.725. The number of rotatable bonds is 1. The molecule has 138 valence electrons. The fourth-order valence-electron chi connectivity index (χ4n) is 4.23. The van der Waals surface area contributed by atoms with Crippen LogP contribution in [0.25, 0.3) is 0 Å². The molecule has 2 aliphatic rings. The molecule has 0 saturated heterocycles. The minimum atomic E-state index is -0.0609. The first-order valence-corrected chi connectivity index (χ1v) is 9.14. The summed E-state index contributed by atoms with van der Waals surface area (Å²) in [6.45, 7) is 9.13. The molecule has 6 nitrogen and oxygen atoms in total. The molecule has 2 aromatic rings. The van der Waals surface area contributed by atoms with Crippen LogP contribution in [0.3, 0.4) is 0 Å². The standard InChI is InChI=1S/C20H25N3O3/c1-11-8-12(2)19-16(9-11)23(6-7-25-19)20(24)17-15-10-13(3)26-14(4)18(15)22(5)21-17/h8-9,13-14H,6-7,10H2,1-5H3/t13-,14+/m1/s1. The summed E-state index contributed by atoms with van der Waals surface area (Å²) in [6, 6.07) is 4.10. The highest BCUT2D eigenvalue weighted by Crippen LogP contribution is 2.38. The Balaban J connectivity index is 1.79. The summed E-state index contributed by atoms with van der Waals surface area (Å²) in [5.74, 6) is 0.739. The molecule has 2 aliphatic heterocycles. The quantitative estimate of drug-likeness (QED) is 0.789. The third-order valence-corrected chi connectivity index (χ3v) is 5.21. The summed E-state index contributed by atoms with van der Waals surface area (Å²) >= 11 is 0. The van der Waals surface area contributed by atoms with Crippen LogP contribution in [0.4, 0.5) is 5.69 Å². The highest BCUT2D eigenvalue weighted by molar-refractivity contribution is 6.07. The van der Waals surface area contributed by atoms with E-state index in [9.17, 15) is 4.79 Å². The van der Waals surface area contributed by atoms with Crippen LogP contribution in [0.1, 0.15) is 52.8 Å². The van der Waals surface area contributed by atoms with Gasteiger partial charge in [0, 0.05) is 19.0 Å². The van der Waals surface area contributed by atoms with Gasteiger partial charge in [0.2, 0.25) is 0 Å². The summed E-state index contributed by atoms with van der Waals surface area (Å²) < 4.78 is 13.5. The molecule has 0 N–H and O–H groups in total. The van der Waals surface area contributed by atoms with E-state index in [-0.39, 0.29) is 18.1 Å². The fraction of sp³-hybridized carbons (Fsp3) is 0.500. The van der Waals surface area contributed by atoms with E-state index in [1.165, 1.54) is 0 Å². The van der Waals surface area contributed by atoms with Crippen molar-refractivity contribution >= 4 is 11.6 Å². The number of amides is 1. The first-order chi connectivity index (χ1) is 12.4. The van der Waals surface area contributed by atoms with Gasteiger partial charge >= 0.3 is 0 Å². The Labute approximate surface area is 153 Å². The minimum absolute atomic E-state index is 0.0577. The summed E-state index contributed by atoms with van der Waals surface area (Å²) in [5.41, 5.74) is 5.56. The Morgan fingerprint density at radius 3 is 2.81 bits per heavy atom. The van der Waals surface area contributed by atoms with Gasteiger partial charge < -0.3 is 14.4 Å². The Bertz CT molecular complexity index is 887. The van der Waals surface area contributed by atoms with Crippen LogP contribution in [0, 0.1) is 13.8 Å². The summed E-state index contributed by atoms with van der Waals surface area (Å²) in [4.78, 5) is 15.2. The fourth-order valence-corrected chi connectivity index (χ4v) is 4.23. The number of aryl methyl sites for hydroxylation is 3. The zero-order valence-electron chi connectivity index (χ0n) is 16.0. The van der Waals surface area contributed by atoms with Gasteiger partial charge in [0.1, 0.15) is 12.4 Å². The van der Waals surface area contributed by atoms with Gasteiger partial charge in [-0.3, -0.25) is 9.48 Å². The number of carbonyl (C=O) groups is 1. The van der Waals surface area contributed by atoms with E-state index in [2.05, 4.69) is 11.2 Å². The van der Waals surface area contributed by atoms with Gasteiger partial charge in [-0.05, 0) is 44.9 Å². The molecular formula is C20H25N3O3. The van der Waals surface area contributed by atoms with E-state index in [0.29, 0.717) is 25.3 Å². The van der Waals surface area contributed by atoms with Gasteiger partial charge in [-0.1, -0.05) is 6.07 Å². The lowest BCUT2D eigenvalue weighted by Crippen LogP contribution is -2.39. The molecule has 1 amide bonds. The molecule has 1 aromatic carbocycles. The Morgan fingerprint density at radius 2 is 2.04 bits per heavy atom. The number of anilines is 1. The number of aromatic nitrogens is 2. The van der Waals surface area contributed by atoms with Crippen LogP contribution in [-0.4, -0.2) is 34.9 Å². The van der Waals surface area contributed by atoms with Gasteiger partial charge in [0.25, 0.3) is 5.91 Å². The average Bonchev–Trinajstić information content (AvgIpc) is 2.90. The second-order valence-electron chi connectivity index (χ2n) is 7.36. The minimum Gasteiger partial charge on any atom is -0.489 e. The van der Waals surface area contributed by atoms with Crippen LogP contribution >= 0.6 is 0 Å². The monoisotopic (exact) mass is 355 g/mol. The van der Waals surface area contributed by atoms with Crippen molar-refractivity contribution in [1.29, 1.82) is 0 Å². The lowest BCUT2D eigenvalue weighted by atomic mass is 9.98. The van der Waals surface area contributed by atoms with Crippen molar-refractivity contribution in [3.05, 3.63) is 40.2 Å². The van der Waals surface area contributed by atoms with Crippen molar-refractivity contribution in [1.82, 2.24) is 9.78 Å². The molecule has 0 spiro atoms. The number of carbonyl (C=O) groups excluding carboxylic acids is 1. The van der Waals surface area contributed by atoms with Crippen molar-refractivity contribution in [3.8, 4) is 5.75 Å².